The van der Waals surface area contributed by atoms with Gasteiger partial charge >= 0.3 is 0 Å². The minimum absolute atomic E-state index is 0.0515. The van der Waals surface area contributed by atoms with Gasteiger partial charge in [0, 0.05) is 25.3 Å². The Kier molecular flexibility index (Phi) is 10.4. The fourth-order valence-corrected chi connectivity index (χ4v) is 3.91. The van der Waals surface area contributed by atoms with Crippen LogP contribution in [0.4, 0.5) is 0 Å². The molecule has 1 saturated carbocycles. The second-order valence-electron chi connectivity index (χ2n) is 7.85. The van der Waals surface area contributed by atoms with Gasteiger partial charge in [-0.25, -0.2) is 0 Å². The molecule has 29 heavy (non-hydrogen) atoms. The van der Waals surface area contributed by atoms with Gasteiger partial charge in [-0.05, 0) is 63.0 Å². The molecule has 0 aromatic heterocycles. The summed E-state index contributed by atoms with van der Waals surface area (Å²) in [7, 11) is 0. The van der Waals surface area contributed by atoms with E-state index in [2.05, 4.69) is 17.5 Å². The molecular weight excluding hydrogens is 362 g/mol. The number of rotatable bonds is 12. The van der Waals surface area contributed by atoms with Gasteiger partial charge in [0.1, 0.15) is 0 Å². The van der Waals surface area contributed by atoms with Gasteiger partial charge in [0.15, 0.2) is 5.78 Å². The Hall–Kier alpha value is -2.20. The van der Waals surface area contributed by atoms with Gasteiger partial charge in [0.05, 0.1) is 6.10 Å². The van der Waals surface area contributed by atoms with E-state index in [-0.39, 0.29) is 23.7 Å². The van der Waals surface area contributed by atoms with Crippen LogP contribution in [-0.4, -0.2) is 29.4 Å². The minimum atomic E-state index is -0.357. The number of unbranched alkanes of at least 4 members (excludes halogenated alkanes) is 1. The summed E-state index contributed by atoms with van der Waals surface area (Å²) >= 11 is 0. The predicted molar refractivity (Wildman–Crippen MR) is 117 cm³/mol. The number of benzene rings is 1. The van der Waals surface area contributed by atoms with Gasteiger partial charge in [-0.15, -0.1) is 0 Å². The highest BCUT2D eigenvalue weighted by atomic mass is 16.3. The number of nitrogens with one attached hydrogen (secondary N) is 1. The van der Waals surface area contributed by atoms with E-state index in [4.69, 9.17) is 0 Å². The third-order valence-corrected chi connectivity index (χ3v) is 5.58. The topological polar surface area (TPSA) is 66.4 Å². The van der Waals surface area contributed by atoms with Crippen LogP contribution >= 0.6 is 0 Å². The maximum absolute atomic E-state index is 12.2. The molecular formula is C25H35NO3. The Morgan fingerprint density at radius 1 is 1.14 bits per heavy atom. The zero-order valence-electron chi connectivity index (χ0n) is 17.6. The highest BCUT2D eigenvalue weighted by Crippen LogP contribution is 2.35. The summed E-state index contributed by atoms with van der Waals surface area (Å²) < 4.78 is 0. The molecule has 0 heterocycles. The van der Waals surface area contributed by atoms with Crippen molar-refractivity contribution in [3.8, 4) is 0 Å². The molecule has 0 unspecified atom stereocenters. The SMILES string of the molecule is CCNC(=O)CCC/C=C\C[C@@H]1CC[C@H](O)[C@@H]1/C=C/C(=O)CCc1ccccc1. The van der Waals surface area contributed by atoms with Crippen LogP contribution in [0.1, 0.15) is 57.4 Å². The first-order valence-corrected chi connectivity index (χ1v) is 10.9. The van der Waals surface area contributed by atoms with Crippen molar-refractivity contribution in [2.45, 2.75) is 64.4 Å². The number of carbonyl (C=O) groups excluding carboxylic acids is 2. The monoisotopic (exact) mass is 397 g/mol. The van der Waals surface area contributed by atoms with E-state index < -0.39 is 0 Å². The lowest BCUT2D eigenvalue weighted by Crippen LogP contribution is -2.21. The molecule has 1 aromatic rings. The summed E-state index contributed by atoms with van der Waals surface area (Å²) in [6, 6.07) is 10.0. The molecule has 1 aliphatic rings. The molecule has 0 saturated heterocycles. The Morgan fingerprint density at radius 2 is 1.93 bits per heavy atom. The maximum atomic E-state index is 12.2. The van der Waals surface area contributed by atoms with Gasteiger partial charge in [-0.3, -0.25) is 9.59 Å². The number of carbonyl (C=O) groups is 2. The van der Waals surface area contributed by atoms with E-state index in [1.165, 1.54) is 5.56 Å². The Morgan fingerprint density at radius 3 is 2.69 bits per heavy atom. The van der Waals surface area contributed by atoms with Crippen molar-refractivity contribution < 1.29 is 14.7 Å². The largest absolute Gasteiger partial charge is 0.393 e. The van der Waals surface area contributed by atoms with Crippen molar-refractivity contribution in [2.24, 2.45) is 11.8 Å². The quantitative estimate of drug-likeness (QED) is 0.312. The lowest BCUT2D eigenvalue weighted by atomic mass is 9.90. The molecule has 2 N–H and O–H groups in total. The van der Waals surface area contributed by atoms with Crippen molar-refractivity contribution in [1.29, 1.82) is 0 Å². The number of ketones is 1. The molecule has 0 radical (unpaired) electrons. The highest BCUT2D eigenvalue weighted by Gasteiger charge is 2.32. The van der Waals surface area contributed by atoms with E-state index in [0.717, 1.165) is 38.5 Å². The van der Waals surface area contributed by atoms with Crippen molar-refractivity contribution in [3.05, 3.63) is 60.2 Å². The second kappa shape index (κ2) is 13.1. The Bertz CT molecular complexity index is 681. The Balaban J connectivity index is 1.72. The Labute approximate surface area is 175 Å². The number of aliphatic hydroxyl groups excluding tert-OH is 1. The number of aliphatic hydroxyl groups is 1. The fraction of sp³-hybridized carbons (Fsp3) is 0.520. The number of aryl methyl sites for hydroxylation is 1. The molecule has 0 bridgehead atoms. The molecule has 2 rings (SSSR count). The van der Waals surface area contributed by atoms with Crippen molar-refractivity contribution in [3.63, 3.8) is 0 Å². The van der Waals surface area contributed by atoms with Crippen LogP contribution in [0.15, 0.2) is 54.6 Å². The van der Waals surface area contributed by atoms with E-state index in [0.29, 0.717) is 25.3 Å². The molecule has 1 aromatic carbocycles. The molecule has 4 nitrogen and oxygen atoms in total. The van der Waals surface area contributed by atoms with Gasteiger partial charge in [-0.1, -0.05) is 48.6 Å². The van der Waals surface area contributed by atoms with Crippen LogP contribution in [0.25, 0.3) is 0 Å². The molecule has 3 atom stereocenters. The first-order chi connectivity index (χ1) is 14.1. The smallest absolute Gasteiger partial charge is 0.219 e. The van der Waals surface area contributed by atoms with Gasteiger partial charge in [0.25, 0.3) is 0 Å². The van der Waals surface area contributed by atoms with Crippen LogP contribution in [-0.2, 0) is 16.0 Å². The molecule has 1 fully saturated rings. The number of allylic oxidation sites excluding steroid dienone is 3. The minimum Gasteiger partial charge on any atom is -0.393 e. The van der Waals surface area contributed by atoms with E-state index >= 15 is 0 Å². The normalized spacial score (nSPS) is 21.8. The van der Waals surface area contributed by atoms with Crippen LogP contribution in [0, 0.1) is 11.8 Å². The van der Waals surface area contributed by atoms with Crippen LogP contribution in [0.5, 0.6) is 0 Å². The summed E-state index contributed by atoms with van der Waals surface area (Å²) in [6.45, 7) is 2.61. The first kappa shape index (κ1) is 23.1. The number of amides is 1. The molecule has 1 aliphatic carbocycles. The molecule has 0 aliphatic heterocycles. The third-order valence-electron chi connectivity index (χ3n) is 5.58. The van der Waals surface area contributed by atoms with Crippen LogP contribution in [0.3, 0.4) is 0 Å². The number of hydrogen-bond acceptors (Lipinski definition) is 3. The van der Waals surface area contributed by atoms with Crippen molar-refractivity contribution >= 4 is 11.7 Å². The lowest BCUT2D eigenvalue weighted by Gasteiger charge is -2.17. The van der Waals surface area contributed by atoms with Crippen LogP contribution in [0.2, 0.25) is 0 Å². The van der Waals surface area contributed by atoms with Crippen molar-refractivity contribution in [1.82, 2.24) is 5.32 Å². The third kappa shape index (κ3) is 8.78. The molecule has 158 valence electrons. The second-order valence-corrected chi connectivity index (χ2v) is 7.85. The fourth-order valence-electron chi connectivity index (χ4n) is 3.91. The van der Waals surface area contributed by atoms with Crippen LogP contribution < -0.4 is 5.32 Å². The average molecular weight is 398 g/mol. The lowest BCUT2D eigenvalue weighted by molar-refractivity contribution is -0.121. The first-order valence-electron chi connectivity index (χ1n) is 10.9. The highest BCUT2D eigenvalue weighted by molar-refractivity contribution is 5.89. The standard InChI is InChI=1S/C25H35NO3/c1-2-26-25(29)13-9-4-3-8-12-21-15-19-24(28)23(21)18-17-22(27)16-14-20-10-6-5-7-11-20/h3,5-8,10-11,17-18,21,23-24,28H,2,4,9,12-16,19H2,1H3,(H,26,29)/b8-3-,18-17+/t21-,23-,24+/m1/s1. The summed E-state index contributed by atoms with van der Waals surface area (Å²) in [4.78, 5) is 23.6. The summed E-state index contributed by atoms with van der Waals surface area (Å²) in [5.41, 5.74) is 1.17. The zero-order valence-corrected chi connectivity index (χ0v) is 17.6. The molecule has 1 amide bonds. The van der Waals surface area contributed by atoms with Gasteiger partial charge in [-0.2, -0.15) is 0 Å². The van der Waals surface area contributed by atoms with E-state index in [9.17, 15) is 14.7 Å². The van der Waals surface area contributed by atoms with E-state index in [1.807, 2.05) is 43.3 Å². The number of hydrogen-bond donors (Lipinski definition) is 2. The average Bonchev–Trinajstić information content (AvgIpc) is 3.08. The van der Waals surface area contributed by atoms with E-state index in [1.54, 1.807) is 6.08 Å². The zero-order chi connectivity index (χ0) is 20.9. The van der Waals surface area contributed by atoms with Gasteiger partial charge < -0.3 is 10.4 Å². The molecule has 0 spiro atoms. The molecule has 4 heteroatoms. The van der Waals surface area contributed by atoms with Crippen molar-refractivity contribution in [2.75, 3.05) is 6.54 Å². The maximum Gasteiger partial charge on any atom is 0.219 e. The summed E-state index contributed by atoms with van der Waals surface area (Å²) in [6.07, 6.45) is 13.8. The predicted octanol–water partition coefficient (Wildman–Crippen LogP) is 4.38. The van der Waals surface area contributed by atoms with Gasteiger partial charge in [0.2, 0.25) is 5.91 Å². The summed E-state index contributed by atoms with van der Waals surface area (Å²) in [5, 5.41) is 13.1. The summed E-state index contributed by atoms with van der Waals surface area (Å²) in [5.74, 6) is 0.660.